The minimum atomic E-state index is -1.34. The minimum Gasteiger partial charge on any atom is -0.478 e. The van der Waals surface area contributed by atoms with Crippen LogP contribution in [0.2, 0.25) is 0 Å². The van der Waals surface area contributed by atoms with Gasteiger partial charge in [-0.25, -0.2) is 19.0 Å². The molecule has 0 saturated heterocycles. The van der Waals surface area contributed by atoms with Crippen LogP contribution in [0, 0.1) is 12.7 Å². The number of para-hydroxylation sites is 1. The van der Waals surface area contributed by atoms with Gasteiger partial charge in [-0.15, -0.1) is 0 Å². The van der Waals surface area contributed by atoms with Crippen LogP contribution in [0.4, 0.5) is 20.0 Å². The fourth-order valence-corrected chi connectivity index (χ4v) is 1.99. The number of hydrogen-bond acceptors (Lipinski definition) is 5. The number of carboxylic acids is 1. The molecule has 2 aromatic rings. The first-order valence-corrected chi connectivity index (χ1v) is 6.15. The molecule has 0 atom stereocenters. The van der Waals surface area contributed by atoms with Crippen LogP contribution < -0.4 is 10.6 Å². The number of amides is 2. The first-order valence-electron chi connectivity index (χ1n) is 5.37. The highest BCUT2D eigenvalue weighted by Gasteiger charge is 2.17. The largest absolute Gasteiger partial charge is 0.478 e. The lowest BCUT2D eigenvalue weighted by Gasteiger charge is -2.09. The molecule has 9 heteroatoms. The predicted octanol–water partition coefficient (Wildman–Crippen LogP) is 2.33. The van der Waals surface area contributed by atoms with Gasteiger partial charge in [0, 0.05) is 11.5 Å². The lowest BCUT2D eigenvalue weighted by atomic mass is 10.1. The number of aromatic carboxylic acids is 1. The van der Waals surface area contributed by atoms with Gasteiger partial charge in [-0.3, -0.25) is 5.32 Å². The van der Waals surface area contributed by atoms with Crippen LogP contribution in [0.3, 0.4) is 0 Å². The van der Waals surface area contributed by atoms with Crippen molar-refractivity contribution in [3.8, 4) is 0 Å². The summed E-state index contributed by atoms with van der Waals surface area (Å²) in [5, 5.41) is 13.7. The number of halogens is 1. The van der Waals surface area contributed by atoms with Crippen molar-refractivity contribution in [3.05, 3.63) is 35.4 Å². The second-order valence-corrected chi connectivity index (χ2v) is 4.45. The van der Waals surface area contributed by atoms with Gasteiger partial charge >= 0.3 is 12.0 Å². The third-order valence-electron chi connectivity index (χ3n) is 2.23. The van der Waals surface area contributed by atoms with Crippen LogP contribution in [0.25, 0.3) is 0 Å². The lowest BCUT2D eigenvalue weighted by Crippen LogP contribution is -2.21. The van der Waals surface area contributed by atoms with Crippen LogP contribution in [-0.2, 0) is 0 Å². The summed E-state index contributed by atoms with van der Waals surface area (Å²) in [4.78, 5) is 26.5. The number of urea groups is 1. The van der Waals surface area contributed by atoms with Crippen LogP contribution in [0.15, 0.2) is 18.2 Å². The van der Waals surface area contributed by atoms with E-state index in [1.807, 2.05) is 0 Å². The summed E-state index contributed by atoms with van der Waals surface area (Å²) >= 11 is 0.960. The second-order valence-electron chi connectivity index (χ2n) is 3.69. The van der Waals surface area contributed by atoms with Crippen molar-refractivity contribution >= 4 is 34.4 Å². The van der Waals surface area contributed by atoms with E-state index in [-0.39, 0.29) is 10.7 Å². The fraction of sp³-hybridized carbons (Fsp3) is 0.0909. The molecule has 0 spiro atoms. The summed E-state index contributed by atoms with van der Waals surface area (Å²) < 4.78 is 17.4. The standard InChI is InChI=1S/C11H9FN4O3S/c1-5-13-11(20-16-5)15-10(19)14-8-6(9(17)18)3-2-4-7(8)12/h2-4H,1H3,(H,17,18)(H2,13,14,15,16,19). The number of carboxylic acid groups (broad SMARTS) is 1. The minimum absolute atomic E-state index is 0.230. The van der Waals surface area contributed by atoms with Gasteiger partial charge < -0.3 is 10.4 Å². The maximum absolute atomic E-state index is 13.6. The highest BCUT2D eigenvalue weighted by Crippen LogP contribution is 2.20. The molecule has 3 N–H and O–H groups in total. The first kappa shape index (κ1) is 13.9. The third-order valence-corrected chi connectivity index (χ3v) is 2.95. The van der Waals surface area contributed by atoms with Gasteiger partial charge in [0.1, 0.15) is 11.6 Å². The zero-order valence-electron chi connectivity index (χ0n) is 10.2. The van der Waals surface area contributed by atoms with E-state index in [0.29, 0.717) is 5.82 Å². The van der Waals surface area contributed by atoms with Gasteiger partial charge in [0.2, 0.25) is 5.13 Å². The van der Waals surface area contributed by atoms with E-state index in [9.17, 15) is 14.0 Å². The normalized spacial score (nSPS) is 10.1. The van der Waals surface area contributed by atoms with Crippen molar-refractivity contribution < 1.29 is 19.1 Å². The highest BCUT2D eigenvalue weighted by atomic mass is 32.1. The van der Waals surface area contributed by atoms with Gasteiger partial charge in [-0.1, -0.05) is 6.07 Å². The zero-order chi connectivity index (χ0) is 14.7. The summed E-state index contributed by atoms with van der Waals surface area (Å²) in [6, 6.07) is 2.69. The summed E-state index contributed by atoms with van der Waals surface area (Å²) in [6.07, 6.45) is 0. The Morgan fingerprint density at radius 2 is 2.10 bits per heavy atom. The van der Waals surface area contributed by atoms with E-state index >= 15 is 0 Å². The van der Waals surface area contributed by atoms with Gasteiger partial charge in [0.25, 0.3) is 0 Å². The average Bonchev–Trinajstić information content (AvgIpc) is 2.77. The number of hydrogen-bond donors (Lipinski definition) is 3. The molecule has 0 saturated carbocycles. The number of benzene rings is 1. The average molecular weight is 296 g/mol. The molecule has 2 rings (SSSR count). The monoisotopic (exact) mass is 296 g/mol. The fourth-order valence-electron chi connectivity index (χ4n) is 1.42. The van der Waals surface area contributed by atoms with Crippen molar-refractivity contribution in [1.29, 1.82) is 0 Å². The molecule has 0 radical (unpaired) electrons. The molecule has 2 amide bonds. The Morgan fingerprint density at radius 3 is 2.70 bits per heavy atom. The van der Waals surface area contributed by atoms with Gasteiger partial charge in [0.15, 0.2) is 0 Å². The van der Waals surface area contributed by atoms with E-state index in [1.54, 1.807) is 6.92 Å². The molecule has 1 heterocycles. The lowest BCUT2D eigenvalue weighted by molar-refractivity contribution is 0.0697. The Labute approximate surface area is 116 Å². The molecular weight excluding hydrogens is 287 g/mol. The molecule has 0 aliphatic heterocycles. The van der Waals surface area contributed by atoms with Crippen LogP contribution in [-0.4, -0.2) is 26.5 Å². The quantitative estimate of drug-likeness (QED) is 0.806. The van der Waals surface area contributed by atoms with Crippen molar-refractivity contribution in [2.45, 2.75) is 6.92 Å². The zero-order valence-corrected chi connectivity index (χ0v) is 11.0. The molecule has 1 aromatic heterocycles. The number of nitrogens with zero attached hydrogens (tertiary/aromatic N) is 2. The number of aromatic nitrogens is 2. The number of carbonyl (C=O) groups is 2. The summed E-state index contributed by atoms with van der Waals surface area (Å²) in [6.45, 7) is 1.65. The SMILES string of the molecule is Cc1nsc(NC(=O)Nc2c(F)cccc2C(=O)O)n1. The number of anilines is 2. The molecule has 7 nitrogen and oxygen atoms in total. The molecule has 0 aliphatic carbocycles. The van der Waals surface area contributed by atoms with Crippen molar-refractivity contribution in [1.82, 2.24) is 9.36 Å². The number of rotatable bonds is 3. The predicted molar refractivity (Wildman–Crippen MR) is 70.6 cm³/mol. The molecule has 0 aliphatic rings. The summed E-state index contributed by atoms with van der Waals surface area (Å²) in [5.41, 5.74) is -0.743. The van der Waals surface area contributed by atoms with E-state index in [2.05, 4.69) is 20.0 Å². The topological polar surface area (TPSA) is 104 Å². The molecule has 0 unspecified atom stereocenters. The number of aryl methyl sites for hydroxylation is 1. The van der Waals surface area contributed by atoms with E-state index < -0.39 is 23.5 Å². The molecule has 104 valence electrons. The van der Waals surface area contributed by atoms with Crippen molar-refractivity contribution in [3.63, 3.8) is 0 Å². The Morgan fingerprint density at radius 1 is 1.35 bits per heavy atom. The van der Waals surface area contributed by atoms with Crippen LogP contribution in [0.1, 0.15) is 16.2 Å². The van der Waals surface area contributed by atoms with Crippen LogP contribution in [0.5, 0.6) is 0 Å². The molecular formula is C11H9FN4O3S. The van der Waals surface area contributed by atoms with Gasteiger partial charge in [0.05, 0.1) is 11.3 Å². The summed E-state index contributed by atoms with van der Waals surface area (Å²) in [5.74, 6) is -1.69. The smallest absolute Gasteiger partial charge is 0.337 e. The molecule has 0 fully saturated rings. The third kappa shape index (κ3) is 3.06. The van der Waals surface area contributed by atoms with E-state index in [1.165, 1.54) is 12.1 Å². The highest BCUT2D eigenvalue weighted by molar-refractivity contribution is 7.09. The van der Waals surface area contributed by atoms with Gasteiger partial charge in [-0.2, -0.15) is 4.37 Å². The molecule has 1 aromatic carbocycles. The Kier molecular flexibility index (Phi) is 3.89. The maximum Gasteiger partial charge on any atom is 0.337 e. The number of carbonyl (C=O) groups excluding carboxylic acids is 1. The molecule has 20 heavy (non-hydrogen) atoms. The van der Waals surface area contributed by atoms with Gasteiger partial charge in [-0.05, 0) is 19.1 Å². The Hall–Kier alpha value is -2.55. The van der Waals surface area contributed by atoms with Crippen molar-refractivity contribution in [2.75, 3.05) is 10.6 Å². The molecule has 0 bridgehead atoms. The maximum atomic E-state index is 13.6. The van der Waals surface area contributed by atoms with Crippen molar-refractivity contribution in [2.24, 2.45) is 0 Å². The first-order chi connectivity index (χ1) is 9.47. The van der Waals surface area contributed by atoms with E-state index in [0.717, 1.165) is 17.6 Å². The Bertz CT molecular complexity index is 673. The Balaban J connectivity index is 2.17. The van der Waals surface area contributed by atoms with E-state index in [4.69, 9.17) is 5.11 Å². The number of nitrogens with one attached hydrogen (secondary N) is 2. The second kappa shape index (κ2) is 5.61. The summed E-state index contributed by atoms with van der Waals surface area (Å²) in [7, 11) is 0. The van der Waals surface area contributed by atoms with Crippen LogP contribution >= 0.6 is 11.5 Å².